The summed E-state index contributed by atoms with van der Waals surface area (Å²) in [6, 6.07) is 1.47. The van der Waals surface area contributed by atoms with Crippen LogP contribution in [0.5, 0.6) is 0 Å². The first-order chi connectivity index (χ1) is 4.91. The number of hydrogen-bond donors (Lipinski definition) is 1. The van der Waals surface area contributed by atoms with Crippen molar-refractivity contribution in [2.45, 2.75) is 31.9 Å². The summed E-state index contributed by atoms with van der Waals surface area (Å²) in [4.78, 5) is 0. The SMILES string of the molecule is C[SiH2]N[SiH2]CCCCCCl. The Morgan fingerprint density at radius 2 is 2.10 bits per heavy atom. The lowest BCUT2D eigenvalue weighted by Gasteiger charge is -1.98. The minimum atomic E-state index is 0.152. The average molecular weight is 196 g/mol. The molecular formula is C6H18ClNSi2. The number of alkyl halides is 1. The Labute approximate surface area is 73.7 Å². The molecule has 4 heteroatoms. The molecule has 0 aliphatic heterocycles. The van der Waals surface area contributed by atoms with Gasteiger partial charge in [0, 0.05) is 5.88 Å². The van der Waals surface area contributed by atoms with E-state index in [4.69, 9.17) is 11.6 Å². The quantitative estimate of drug-likeness (QED) is 0.357. The third-order valence-corrected chi connectivity index (χ3v) is 6.02. The molecule has 0 heterocycles. The third kappa shape index (κ3) is 8.68. The topological polar surface area (TPSA) is 12.0 Å². The van der Waals surface area contributed by atoms with E-state index < -0.39 is 0 Å². The fraction of sp³-hybridized carbons (Fsp3) is 1.00. The summed E-state index contributed by atoms with van der Waals surface area (Å²) >= 11 is 5.54. The van der Waals surface area contributed by atoms with Gasteiger partial charge in [-0.25, -0.2) is 0 Å². The number of unbranched alkanes of at least 4 members (excludes halogenated alkanes) is 2. The molecule has 62 valence electrons. The van der Waals surface area contributed by atoms with Crippen molar-refractivity contribution >= 4 is 31.0 Å². The molecule has 0 saturated heterocycles. The highest BCUT2D eigenvalue weighted by molar-refractivity contribution is 6.49. The van der Waals surface area contributed by atoms with Crippen LogP contribution in [0.15, 0.2) is 0 Å². The molecule has 10 heavy (non-hydrogen) atoms. The van der Waals surface area contributed by atoms with E-state index in [1.807, 2.05) is 0 Å². The van der Waals surface area contributed by atoms with Gasteiger partial charge >= 0.3 is 0 Å². The van der Waals surface area contributed by atoms with Gasteiger partial charge in [0.05, 0.1) is 19.4 Å². The third-order valence-electron chi connectivity index (χ3n) is 1.49. The fourth-order valence-electron chi connectivity index (χ4n) is 0.875. The number of halogens is 1. The highest BCUT2D eigenvalue weighted by atomic mass is 35.5. The normalized spacial score (nSPS) is 12.6. The second-order valence-electron chi connectivity index (χ2n) is 2.46. The maximum atomic E-state index is 5.54. The van der Waals surface area contributed by atoms with Crippen LogP contribution >= 0.6 is 11.6 Å². The molecule has 0 aromatic heterocycles. The van der Waals surface area contributed by atoms with Gasteiger partial charge in [0.15, 0.2) is 0 Å². The maximum absolute atomic E-state index is 5.54. The van der Waals surface area contributed by atoms with Gasteiger partial charge in [-0.1, -0.05) is 25.4 Å². The summed E-state index contributed by atoms with van der Waals surface area (Å²) in [5.74, 6) is 0.845. The minimum absolute atomic E-state index is 0.152. The first-order valence-electron chi connectivity index (χ1n) is 4.18. The van der Waals surface area contributed by atoms with E-state index >= 15 is 0 Å². The van der Waals surface area contributed by atoms with Crippen molar-refractivity contribution in [1.82, 2.24) is 4.65 Å². The van der Waals surface area contributed by atoms with Crippen LogP contribution in [-0.4, -0.2) is 25.2 Å². The molecule has 0 spiro atoms. The standard InChI is InChI=1S/C6H18ClNSi2/c1-9-8-10-6-4-2-3-5-7/h8H,2-6,9-10H2,1H3. The molecule has 0 saturated carbocycles. The lowest BCUT2D eigenvalue weighted by atomic mass is 10.3. The maximum Gasteiger partial charge on any atom is 0.0844 e. The Kier molecular flexibility index (Phi) is 10.3. The average Bonchev–Trinajstić information content (AvgIpc) is 1.97. The summed E-state index contributed by atoms with van der Waals surface area (Å²) in [7, 11) is 0.312. The highest BCUT2D eigenvalue weighted by Crippen LogP contribution is 1.99. The Morgan fingerprint density at radius 3 is 2.70 bits per heavy atom. The zero-order chi connectivity index (χ0) is 7.66. The van der Waals surface area contributed by atoms with Crippen molar-refractivity contribution in [2.24, 2.45) is 0 Å². The van der Waals surface area contributed by atoms with Crippen LogP contribution in [0, 0.1) is 0 Å². The first kappa shape index (κ1) is 10.7. The second-order valence-corrected chi connectivity index (χ2v) is 6.75. The van der Waals surface area contributed by atoms with Gasteiger partial charge in [-0.3, -0.25) is 0 Å². The van der Waals surface area contributed by atoms with E-state index in [9.17, 15) is 0 Å². The molecule has 0 unspecified atom stereocenters. The molecule has 0 radical (unpaired) electrons. The van der Waals surface area contributed by atoms with Crippen molar-refractivity contribution in [3.63, 3.8) is 0 Å². The fourth-order valence-corrected chi connectivity index (χ4v) is 4.08. The van der Waals surface area contributed by atoms with E-state index in [0.717, 1.165) is 5.88 Å². The lowest BCUT2D eigenvalue weighted by Crippen LogP contribution is -2.20. The lowest BCUT2D eigenvalue weighted by molar-refractivity contribution is 0.771. The van der Waals surface area contributed by atoms with Crippen molar-refractivity contribution in [2.75, 3.05) is 5.88 Å². The molecule has 1 nitrogen and oxygen atoms in total. The summed E-state index contributed by atoms with van der Waals surface area (Å²) in [6.45, 7) is 2.31. The van der Waals surface area contributed by atoms with Crippen LogP contribution in [0.3, 0.4) is 0 Å². The van der Waals surface area contributed by atoms with E-state index in [0.29, 0.717) is 0 Å². The molecule has 0 amide bonds. The van der Waals surface area contributed by atoms with Crippen molar-refractivity contribution in [1.29, 1.82) is 0 Å². The van der Waals surface area contributed by atoms with Gasteiger partial charge in [-0.05, 0) is 6.42 Å². The highest BCUT2D eigenvalue weighted by Gasteiger charge is 1.88. The van der Waals surface area contributed by atoms with Gasteiger partial charge in [-0.2, -0.15) is 0 Å². The molecule has 0 atom stereocenters. The van der Waals surface area contributed by atoms with Crippen LogP contribution in [0.25, 0.3) is 0 Å². The van der Waals surface area contributed by atoms with E-state index in [1.165, 1.54) is 25.3 Å². The van der Waals surface area contributed by atoms with Crippen LogP contribution < -0.4 is 4.65 Å². The van der Waals surface area contributed by atoms with Gasteiger partial charge in [0.25, 0.3) is 0 Å². The first-order valence-corrected chi connectivity index (χ1v) is 8.54. The van der Waals surface area contributed by atoms with Crippen LogP contribution in [0.2, 0.25) is 12.6 Å². The monoisotopic (exact) mass is 195 g/mol. The zero-order valence-electron chi connectivity index (χ0n) is 6.83. The molecule has 0 aliphatic rings. The smallest absolute Gasteiger partial charge is 0.0844 e. The van der Waals surface area contributed by atoms with Crippen LogP contribution in [0.4, 0.5) is 0 Å². The Bertz CT molecular complexity index is 55.7. The molecule has 0 rings (SSSR count). The van der Waals surface area contributed by atoms with Gasteiger partial charge in [0.2, 0.25) is 0 Å². The Morgan fingerprint density at radius 1 is 1.30 bits per heavy atom. The van der Waals surface area contributed by atoms with E-state index in [2.05, 4.69) is 11.2 Å². The molecule has 0 aromatic rings. The molecule has 0 fully saturated rings. The molecular weight excluding hydrogens is 178 g/mol. The van der Waals surface area contributed by atoms with Crippen molar-refractivity contribution < 1.29 is 0 Å². The molecule has 0 bridgehead atoms. The van der Waals surface area contributed by atoms with Gasteiger partial charge < -0.3 is 4.65 Å². The number of nitrogens with one attached hydrogen (secondary N) is 1. The zero-order valence-corrected chi connectivity index (χ0v) is 10.4. The number of hydrogen-bond acceptors (Lipinski definition) is 1. The Hall–Kier alpha value is 0.684. The Balaban J connectivity index is 2.65. The summed E-state index contributed by atoms with van der Waals surface area (Å²) in [6.07, 6.45) is 3.95. The second kappa shape index (κ2) is 9.68. The summed E-state index contributed by atoms with van der Waals surface area (Å²) in [5.41, 5.74) is 0. The van der Waals surface area contributed by atoms with Crippen molar-refractivity contribution in [3.05, 3.63) is 0 Å². The minimum Gasteiger partial charge on any atom is -0.369 e. The summed E-state index contributed by atoms with van der Waals surface area (Å²) in [5, 5.41) is 0. The van der Waals surface area contributed by atoms with Crippen LogP contribution in [0.1, 0.15) is 19.3 Å². The predicted molar refractivity (Wildman–Crippen MR) is 55.5 cm³/mol. The predicted octanol–water partition coefficient (Wildman–Crippen LogP) is 0.619. The number of rotatable bonds is 7. The van der Waals surface area contributed by atoms with Gasteiger partial charge in [-0.15, -0.1) is 11.6 Å². The summed E-state index contributed by atoms with van der Waals surface area (Å²) < 4.78 is 3.57. The van der Waals surface area contributed by atoms with E-state index in [1.54, 1.807) is 0 Å². The molecule has 0 aromatic carbocycles. The van der Waals surface area contributed by atoms with Crippen molar-refractivity contribution in [3.8, 4) is 0 Å². The molecule has 1 N–H and O–H groups in total. The largest absolute Gasteiger partial charge is 0.369 e. The van der Waals surface area contributed by atoms with E-state index in [-0.39, 0.29) is 19.4 Å². The van der Waals surface area contributed by atoms with Crippen LogP contribution in [-0.2, 0) is 0 Å². The molecule has 0 aliphatic carbocycles. The van der Waals surface area contributed by atoms with Gasteiger partial charge in [0.1, 0.15) is 0 Å².